The zero-order valence-corrected chi connectivity index (χ0v) is 14.9. The van der Waals surface area contributed by atoms with Crippen LogP contribution in [0.1, 0.15) is 36.8 Å². The van der Waals surface area contributed by atoms with Crippen molar-refractivity contribution in [3.8, 4) is 0 Å². The number of hydrogen-bond acceptors (Lipinski definition) is 2. The molecular weight excluding hydrogens is 328 g/mol. The number of carbonyl (C=O) groups excluding carboxylic acids is 1. The van der Waals surface area contributed by atoms with Crippen molar-refractivity contribution in [2.75, 3.05) is 11.4 Å². The topological polar surface area (TPSA) is 69.6 Å². The van der Waals surface area contributed by atoms with E-state index < -0.39 is 11.9 Å². The summed E-state index contributed by atoms with van der Waals surface area (Å²) in [5, 5.41) is 12.5. The summed E-state index contributed by atoms with van der Waals surface area (Å²) in [7, 11) is 0. The molecule has 26 heavy (non-hydrogen) atoms. The number of carbonyl (C=O) groups is 2. The fourth-order valence-electron chi connectivity index (χ4n) is 3.57. The van der Waals surface area contributed by atoms with Crippen LogP contribution in [0.25, 0.3) is 0 Å². The molecule has 1 aliphatic heterocycles. The zero-order chi connectivity index (χ0) is 18.5. The van der Waals surface area contributed by atoms with Gasteiger partial charge in [0.2, 0.25) is 0 Å². The van der Waals surface area contributed by atoms with Gasteiger partial charge in [-0.05, 0) is 43.4 Å². The Labute approximate surface area is 153 Å². The molecule has 5 nitrogen and oxygen atoms in total. The number of benzene rings is 2. The summed E-state index contributed by atoms with van der Waals surface area (Å²) in [6.07, 6.45) is 2.19. The van der Waals surface area contributed by atoms with Gasteiger partial charge in [0.05, 0.1) is 5.92 Å². The fourth-order valence-corrected chi connectivity index (χ4v) is 3.57. The Morgan fingerprint density at radius 1 is 1.12 bits per heavy atom. The summed E-state index contributed by atoms with van der Waals surface area (Å²) in [6.45, 7) is 2.48. The number of rotatable bonds is 5. The molecule has 0 aromatic heterocycles. The first kappa shape index (κ1) is 18.0. The van der Waals surface area contributed by atoms with Crippen LogP contribution in [0, 0.1) is 0 Å². The Hall–Kier alpha value is -2.82. The monoisotopic (exact) mass is 352 g/mol. The number of carboxylic acid groups (broad SMARTS) is 1. The van der Waals surface area contributed by atoms with Gasteiger partial charge < -0.3 is 10.4 Å². The molecule has 3 rings (SSSR count). The van der Waals surface area contributed by atoms with Gasteiger partial charge in [-0.1, -0.05) is 48.5 Å². The lowest BCUT2D eigenvalue weighted by molar-refractivity contribution is -0.139. The Morgan fingerprint density at radius 2 is 1.81 bits per heavy atom. The van der Waals surface area contributed by atoms with Crippen LogP contribution < -0.4 is 10.2 Å². The van der Waals surface area contributed by atoms with Crippen LogP contribution in [0.15, 0.2) is 54.6 Å². The number of amides is 2. The number of urea groups is 1. The lowest BCUT2D eigenvalue weighted by Crippen LogP contribution is -2.49. The SMILES string of the molecule is CC1CC(C(=O)O)c2ccccc2N1C(=O)NCCCc1ccccc1. The number of anilines is 1. The number of fused-ring (bicyclic) bond motifs is 1. The molecule has 2 N–H and O–H groups in total. The van der Waals surface area contributed by atoms with Crippen LogP contribution in [-0.4, -0.2) is 29.7 Å². The van der Waals surface area contributed by atoms with Gasteiger partial charge in [0.15, 0.2) is 0 Å². The van der Waals surface area contributed by atoms with Gasteiger partial charge in [-0.15, -0.1) is 0 Å². The molecule has 136 valence electrons. The van der Waals surface area contributed by atoms with Crippen LogP contribution in [0.2, 0.25) is 0 Å². The van der Waals surface area contributed by atoms with Crippen molar-refractivity contribution >= 4 is 17.7 Å². The van der Waals surface area contributed by atoms with Crippen molar-refractivity contribution in [2.24, 2.45) is 0 Å². The number of aryl methyl sites for hydroxylation is 1. The van der Waals surface area contributed by atoms with Crippen molar-refractivity contribution in [1.29, 1.82) is 0 Å². The van der Waals surface area contributed by atoms with E-state index in [-0.39, 0.29) is 12.1 Å². The molecule has 2 atom stereocenters. The van der Waals surface area contributed by atoms with Crippen molar-refractivity contribution < 1.29 is 14.7 Å². The third-order valence-electron chi connectivity index (χ3n) is 4.87. The molecule has 0 radical (unpaired) electrons. The van der Waals surface area contributed by atoms with E-state index in [1.54, 1.807) is 11.0 Å². The third kappa shape index (κ3) is 3.87. The molecular formula is C21H24N2O3. The minimum absolute atomic E-state index is 0.165. The van der Waals surface area contributed by atoms with E-state index >= 15 is 0 Å². The van der Waals surface area contributed by atoms with Gasteiger partial charge in [0.25, 0.3) is 0 Å². The highest BCUT2D eigenvalue weighted by molar-refractivity contribution is 5.96. The largest absolute Gasteiger partial charge is 0.481 e. The van der Waals surface area contributed by atoms with Crippen LogP contribution >= 0.6 is 0 Å². The maximum absolute atomic E-state index is 12.7. The van der Waals surface area contributed by atoms with E-state index in [1.807, 2.05) is 43.3 Å². The second-order valence-electron chi connectivity index (χ2n) is 6.73. The quantitative estimate of drug-likeness (QED) is 0.804. The molecule has 0 saturated carbocycles. The van der Waals surface area contributed by atoms with E-state index in [2.05, 4.69) is 17.4 Å². The molecule has 0 aliphatic carbocycles. The summed E-state index contributed by atoms with van der Waals surface area (Å²) >= 11 is 0. The first-order chi connectivity index (χ1) is 12.6. The molecule has 0 bridgehead atoms. The van der Waals surface area contributed by atoms with Crippen molar-refractivity contribution in [3.05, 3.63) is 65.7 Å². The molecule has 1 aliphatic rings. The van der Waals surface area contributed by atoms with Crippen LogP contribution in [0.4, 0.5) is 10.5 Å². The highest BCUT2D eigenvalue weighted by Crippen LogP contribution is 2.38. The number of hydrogen-bond donors (Lipinski definition) is 2. The van der Waals surface area contributed by atoms with E-state index in [4.69, 9.17) is 0 Å². The summed E-state index contributed by atoms with van der Waals surface area (Å²) in [5.74, 6) is -1.41. The first-order valence-corrected chi connectivity index (χ1v) is 9.00. The second kappa shape index (κ2) is 8.04. The van der Waals surface area contributed by atoms with E-state index in [0.29, 0.717) is 24.2 Å². The standard InChI is InChI=1S/C21H24N2O3/c1-15-14-18(20(24)25)17-11-5-6-12-19(17)23(15)21(26)22-13-7-10-16-8-3-2-4-9-16/h2-6,8-9,11-12,15,18H,7,10,13-14H2,1H3,(H,22,26)(H,24,25). The molecule has 2 aromatic rings. The summed E-state index contributed by atoms with van der Waals surface area (Å²) in [5.41, 5.74) is 2.65. The van der Waals surface area contributed by atoms with Gasteiger partial charge in [-0.2, -0.15) is 0 Å². The van der Waals surface area contributed by atoms with Gasteiger partial charge in [-0.3, -0.25) is 9.69 Å². The minimum Gasteiger partial charge on any atom is -0.481 e. The van der Waals surface area contributed by atoms with Gasteiger partial charge in [0.1, 0.15) is 0 Å². The minimum atomic E-state index is -0.841. The predicted octanol–water partition coefficient (Wildman–Crippen LogP) is 3.80. The molecule has 1 heterocycles. The predicted molar refractivity (Wildman–Crippen MR) is 102 cm³/mol. The first-order valence-electron chi connectivity index (χ1n) is 9.00. The smallest absolute Gasteiger partial charge is 0.322 e. The van der Waals surface area contributed by atoms with Gasteiger partial charge in [-0.25, -0.2) is 4.79 Å². The Morgan fingerprint density at radius 3 is 2.54 bits per heavy atom. The van der Waals surface area contributed by atoms with E-state index in [0.717, 1.165) is 12.8 Å². The lowest BCUT2D eigenvalue weighted by Gasteiger charge is -2.37. The van der Waals surface area contributed by atoms with Crippen LogP contribution in [0.3, 0.4) is 0 Å². The molecule has 5 heteroatoms. The maximum atomic E-state index is 12.7. The van der Waals surface area contributed by atoms with Gasteiger partial charge >= 0.3 is 12.0 Å². The van der Waals surface area contributed by atoms with Crippen LogP contribution in [0.5, 0.6) is 0 Å². The van der Waals surface area contributed by atoms with E-state index in [9.17, 15) is 14.7 Å². The number of aliphatic carboxylic acids is 1. The van der Waals surface area contributed by atoms with Crippen LogP contribution in [-0.2, 0) is 11.2 Å². The average molecular weight is 352 g/mol. The normalized spacial score (nSPS) is 18.9. The Kier molecular flexibility index (Phi) is 5.56. The molecule has 0 saturated heterocycles. The average Bonchev–Trinajstić information content (AvgIpc) is 2.65. The fraction of sp³-hybridized carbons (Fsp3) is 0.333. The summed E-state index contributed by atoms with van der Waals surface area (Å²) in [4.78, 5) is 26.0. The molecule has 2 unspecified atom stereocenters. The molecule has 0 spiro atoms. The summed E-state index contributed by atoms with van der Waals surface area (Å²) in [6, 6.07) is 17.1. The molecule has 2 aromatic carbocycles. The third-order valence-corrected chi connectivity index (χ3v) is 4.87. The van der Waals surface area contributed by atoms with Crippen molar-refractivity contribution in [3.63, 3.8) is 0 Å². The number of para-hydroxylation sites is 1. The lowest BCUT2D eigenvalue weighted by atomic mass is 9.86. The Bertz CT molecular complexity index is 776. The van der Waals surface area contributed by atoms with Crippen molar-refractivity contribution in [2.45, 2.75) is 38.1 Å². The number of nitrogens with zero attached hydrogens (tertiary/aromatic N) is 1. The highest BCUT2D eigenvalue weighted by Gasteiger charge is 2.36. The number of nitrogens with one attached hydrogen (secondary N) is 1. The van der Waals surface area contributed by atoms with E-state index in [1.165, 1.54) is 5.56 Å². The second-order valence-corrected chi connectivity index (χ2v) is 6.73. The molecule has 0 fully saturated rings. The maximum Gasteiger partial charge on any atom is 0.322 e. The summed E-state index contributed by atoms with van der Waals surface area (Å²) < 4.78 is 0. The zero-order valence-electron chi connectivity index (χ0n) is 14.9. The highest BCUT2D eigenvalue weighted by atomic mass is 16.4. The van der Waals surface area contributed by atoms with Gasteiger partial charge in [0, 0.05) is 18.3 Å². The Balaban J connectivity index is 1.64. The number of carboxylic acids is 1. The van der Waals surface area contributed by atoms with Crippen molar-refractivity contribution in [1.82, 2.24) is 5.32 Å². The molecule has 2 amide bonds.